The maximum absolute atomic E-state index is 9.87. The Morgan fingerprint density at radius 2 is 2.62 bits per heavy atom. The molecule has 1 N–H and O–H groups in total. The standard InChI is InChI=1S/C9H13NOS2/c11-8(7-1-3-12-6-7)5-9-10-2-4-13-9/h2,4,7-8,11H,1,3,5-6H2. The molecule has 0 saturated carbocycles. The van der Waals surface area contributed by atoms with Gasteiger partial charge >= 0.3 is 0 Å². The number of hydrogen-bond donors (Lipinski definition) is 1. The van der Waals surface area contributed by atoms with Gasteiger partial charge in [-0.25, -0.2) is 4.98 Å². The van der Waals surface area contributed by atoms with Gasteiger partial charge in [-0.2, -0.15) is 11.8 Å². The molecule has 0 spiro atoms. The summed E-state index contributed by atoms with van der Waals surface area (Å²) in [5, 5.41) is 12.9. The zero-order valence-corrected chi connectivity index (χ0v) is 8.98. The van der Waals surface area contributed by atoms with Gasteiger partial charge in [0.1, 0.15) is 0 Å². The van der Waals surface area contributed by atoms with Gasteiger partial charge in [0.05, 0.1) is 11.1 Å². The van der Waals surface area contributed by atoms with Crippen LogP contribution in [0.1, 0.15) is 11.4 Å². The summed E-state index contributed by atoms with van der Waals surface area (Å²) < 4.78 is 0. The second-order valence-electron chi connectivity index (χ2n) is 3.32. The lowest BCUT2D eigenvalue weighted by Crippen LogP contribution is -2.22. The maximum Gasteiger partial charge on any atom is 0.0950 e. The van der Waals surface area contributed by atoms with Gasteiger partial charge in [0, 0.05) is 18.0 Å². The molecular formula is C9H13NOS2. The molecule has 2 rings (SSSR count). The van der Waals surface area contributed by atoms with Crippen molar-refractivity contribution in [2.24, 2.45) is 5.92 Å². The Balaban J connectivity index is 1.87. The predicted octanol–water partition coefficient (Wildman–Crippen LogP) is 1.80. The highest BCUT2D eigenvalue weighted by molar-refractivity contribution is 7.99. The highest BCUT2D eigenvalue weighted by atomic mass is 32.2. The van der Waals surface area contributed by atoms with E-state index in [2.05, 4.69) is 4.98 Å². The van der Waals surface area contributed by atoms with Crippen molar-refractivity contribution >= 4 is 23.1 Å². The van der Waals surface area contributed by atoms with Crippen LogP contribution in [0.2, 0.25) is 0 Å². The van der Waals surface area contributed by atoms with Crippen LogP contribution in [0, 0.1) is 5.92 Å². The van der Waals surface area contributed by atoms with E-state index in [4.69, 9.17) is 0 Å². The highest BCUT2D eigenvalue weighted by Gasteiger charge is 2.24. The molecule has 72 valence electrons. The van der Waals surface area contributed by atoms with E-state index in [1.165, 1.54) is 5.75 Å². The minimum Gasteiger partial charge on any atom is -0.392 e. The van der Waals surface area contributed by atoms with E-state index in [0.29, 0.717) is 5.92 Å². The number of thioether (sulfide) groups is 1. The van der Waals surface area contributed by atoms with Crippen molar-refractivity contribution in [3.8, 4) is 0 Å². The Kier molecular flexibility index (Phi) is 3.24. The van der Waals surface area contributed by atoms with Crippen molar-refractivity contribution in [2.75, 3.05) is 11.5 Å². The summed E-state index contributed by atoms with van der Waals surface area (Å²) in [7, 11) is 0. The topological polar surface area (TPSA) is 33.1 Å². The predicted molar refractivity (Wildman–Crippen MR) is 57.3 cm³/mol. The van der Waals surface area contributed by atoms with Crippen LogP contribution in [-0.2, 0) is 6.42 Å². The summed E-state index contributed by atoms with van der Waals surface area (Å²) in [5.41, 5.74) is 0. The molecule has 0 bridgehead atoms. The van der Waals surface area contributed by atoms with Gasteiger partial charge in [-0.05, 0) is 23.8 Å². The molecule has 1 aromatic rings. The lowest BCUT2D eigenvalue weighted by atomic mass is 10.00. The van der Waals surface area contributed by atoms with Gasteiger partial charge in [-0.1, -0.05) is 0 Å². The van der Waals surface area contributed by atoms with E-state index in [1.54, 1.807) is 17.5 Å². The summed E-state index contributed by atoms with van der Waals surface area (Å²) in [4.78, 5) is 4.18. The molecule has 13 heavy (non-hydrogen) atoms. The van der Waals surface area contributed by atoms with E-state index in [0.717, 1.165) is 23.6 Å². The average molecular weight is 215 g/mol. The molecule has 1 saturated heterocycles. The Labute approximate surface area is 86.4 Å². The Hall–Kier alpha value is -0.0600. The van der Waals surface area contributed by atoms with Crippen LogP contribution in [0.3, 0.4) is 0 Å². The SMILES string of the molecule is OC(Cc1nccs1)C1CCSC1. The van der Waals surface area contributed by atoms with Crippen LogP contribution < -0.4 is 0 Å². The van der Waals surface area contributed by atoms with Gasteiger partial charge in [0.15, 0.2) is 0 Å². The van der Waals surface area contributed by atoms with E-state index < -0.39 is 0 Å². The molecule has 1 aliphatic rings. The maximum atomic E-state index is 9.87. The van der Waals surface area contributed by atoms with E-state index >= 15 is 0 Å². The molecule has 2 atom stereocenters. The lowest BCUT2D eigenvalue weighted by molar-refractivity contribution is 0.120. The molecule has 1 aromatic heterocycles. The summed E-state index contributed by atoms with van der Waals surface area (Å²) in [6.07, 6.45) is 3.53. The average Bonchev–Trinajstić information content (AvgIpc) is 2.74. The van der Waals surface area contributed by atoms with Gasteiger partial charge in [-0.3, -0.25) is 0 Å². The van der Waals surface area contributed by atoms with E-state index in [-0.39, 0.29) is 6.10 Å². The molecule has 4 heteroatoms. The number of thiazole rings is 1. The normalized spacial score (nSPS) is 24.8. The third-order valence-electron chi connectivity index (χ3n) is 2.38. The van der Waals surface area contributed by atoms with Crippen molar-refractivity contribution in [2.45, 2.75) is 18.9 Å². The van der Waals surface area contributed by atoms with Gasteiger partial charge in [0.2, 0.25) is 0 Å². The molecule has 2 unspecified atom stereocenters. The first-order chi connectivity index (χ1) is 6.36. The summed E-state index contributed by atoms with van der Waals surface area (Å²) in [6, 6.07) is 0. The number of hydrogen-bond acceptors (Lipinski definition) is 4. The fourth-order valence-corrected chi connectivity index (χ4v) is 3.55. The van der Waals surface area contributed by atoms with Crippen LogP contribution in [0.4, 0.5) is 0 Å². The van der Waals surface area contributed by atoms with Crippen molar-refractivity contribution < 1.29 is 5.11 Å². The van der Waals surface area contributed by atoms with Crippen LogP contribution in [0.15, 0.2) is 11.6 Å². The lowest BCUT2D eigenvalue weighted by Gasteiger charge is -2.15. The fraction of sp³-hybridized carbons (Fsp3) is 0.667. The summed E-state index contributed by atoms with van der Waals surface area (Å²) in [5.74, 6) is 2.82. The van der Waals surface area contributed by atoms with Crippen LogP contribution >= 0.6 is 23.1 Å². The smallest absolute Gasteiger partial charge is 0.0950 e. The molecule has 1 fully saturated rings. The van der Waals surface area contributed by atoms with E-state index in [9.17, 15) is 5.11 Å². The van der Waals surface area contributed by atoms with Crippen molar-refractivity contribution in [3.63, 3.8) is 0 Å². The zero-order chi connectivity index (χ0) is 9.10. The molecule has 2 heterocycles. The van der Waals surface area contributed by atoms with Crippen molar-refractivity contribution in [1.82, 2.24) is 4.98 Å². The number of aromatic nitrogens is 1. The first kappa shape index (κ1) is 9.49. The first-order valence-electron chi connectivity index (χ1n) is 4.50. The van der Waals surface area contributed by atoms with Crippen LogP contribution in [0.5, 0.6) is 0 Å². The quantitative estimate of drug-likeness (QED) is 0.834. The number of aliphatic hydroxyl groups excluding tert-OH is 1. The van der Waals surface area contributed by atoms with Crippen LogP contribution in [0.25, 0.3) is 0 Å². The van der Waals surface area contributed by atoms with Gasteiger partial charge in [-0.15, -0.1) is 11.3 Å². The Morgan fingerprint density at radius 3 is 3.23 bits per heavy atom. The number of aliphatic hydroxyl groups is 1. The minimum absolute atomic E-state index is 0.179. The molecule has 0 aromatic carbocycles. The van der Waals surface area contributed by atoms with Crippen LogP contribution in [-0.4, -0.2) is 27.7 Å². The molecular weight excluding hydrogens is 202 g/mol. The third-order valence-corrected chi connectivity index (χ3v) is 4.37. The second-order valence-corrected chi connectivity index (χ2v) is 5.45. The minimum atomic E-state index is -0.179. The van der Waals surface area contributed by atoms with Crippen molar-refractivity contribution in [3.05, 3.63) is 16.6 Å². The van der Waals surface area contributed by atoms with Crippen molar-refractivity contribution in [1.29, 1.82) is 0 Å². The highest BCUT2D eigenvalue weighted by Crippen LogP contribution is 2.27. The van der Waals surface area contributed by atoms with E-state index in [1.807, 2.05) is 17.1 Å². The number of nitrogens with zero attached hydrogens (tertiary/aromatic N) is 1. The Morgan fingerprint density at radius 1 is 1.69 bits per heavy atom. The molecule has 0 radical (unpaired) electrons. The monoisotopic (exact) mass is 215 g/mol. The second kappa shape index (κ2) is 4.44. The molecule has 0 amide bonds. The Bertz CT molecular complexity index is 244. The fourth-order valence-electron chi connectivity index (χ4n) is 1.56. The molecule has 0 aliphatic carbocycles. The van der Waals surface area contributed by atoms with Gasteiger partial charge < -0.3 is 5.11 Å². The molecule has 2 nitrogen and oxygen atoms in total. The summed E-state index contributed by atoms with van der Waals surface area (Å²) >= 11 is 3.58. The third kappa shape index (κ3) is 2.45. The first-order valence-corrected chi connectivity index (χ1v) is 6.54. The molecule has 1 aliphatic heterocycles. The van der Waals surface area contributed by atoms with Gasteiger partial charge in [0.25, 0.3) is 0 Å². The largest absolute Gasteiger partial charge is 0.392 e. The zero-order valence-electron chi connectivity index (χ0n) is 7.35. The number of rotatable bonds is 3. The summed E-state index contributed by atoms with van der Waals surface area (Å²) in [6.45, 7) is 0.